The Balaban J connectivity index is 1.61. The predicted molar refractivity (Wildman–Crippen MR) is 78.9 cm³/mol. The lowest BCUT2D eigenvalue weighted by molar-refractivity contribution is 0.350. The van der Waals surface area contributed by atoms with Gasteiger partial charge in [-0.25, -0.2) is 0 Å². The van der Waals surface area contributed by atoms with Gasteiger partial charge in [-0.3, -0.25) is 0 Å². The van der Waals surface area contributed by atoms with Crippen LogP contribution in [0.5, 0.6) is 5.75 Å². The fourth-order valence-electron chi connectivity index (χ4n) is 3.40. The highest BCUT2D eigenvalue weighted by Crippen LogP contribution is 2.33. The van der Waals surface area contributed by atoms with Crippen LogP contribution in [-0.4, -0.2) is 13.2 Å². The second-order valence-electron chi connectivity index (χ2n) is 5.95. The largest absolute Gasteiger partial charge is 0.493 e. The van der Waals surface area contributed by atoms with Crippen LogP contribution in [0.15, 0.2) is 12.1 Å². The molecule has 0 amide bonds. The molecule has 1 aromatic rings. The van der Waals surface area contributed by atoms with Crippen molar-refractivity contribution in [3.63, 3.8) is 0 Å². The first-order valence-corrected chi connectivity index (χ1v) is 7.76. The number of rotatable bonds is 4. The van der Waals surface area contributed by atoms with Crippen LogP contribution in [0, 0.1) is 11.8 Å². The third kappa shape index (κ3) is 2.90. The molecule has 1 heterocycles. The van der Waals surface area contributed by atoms with Gasteiger partial charge >= 0.3 is 0 Å². The van der Waals surface area contributed by atoms with E-state index in [0.717, 1.165) is 48.7 Å². The minimum Gasteiger partial charge on any atom is -0.493 e. The van der Waals surface area contributed by atoms with Gasteiger partial charge in [0.2, 0.25) is 0 Å². The van der Waals surface area contributed by atoms with Crippen LogP contribution in [0.4, 0.5) is 0 Å². The average molecular weight is 280 g/mol. The first-order valence-electron chi connectivity index (χ1n) is 7.39. The van der Waals surface area contributed by atoms with Gasteiger partial charge in [0.05, 0.1) is 6.61 Å². The van der Waals surface area contributed by atoms with Gasteiger partial charge in [-0.2, -0.15) is 0 Å². The van der Waals surface area contributed by atoms with Crippen molar-refractivity contribution in [3.8, 4) is 5.75 Å². The summed E-state index contributed by atoms with van der Waals surface area (Å²) in [5, 5.41) is 4.42. The van der Waals surface area contributed by atoms with Gasteiger partial charge in [0.1, 0.15) is 5.75 Å². The third-order valence-corrected chi connectivity index (χ3v) is 4.80. The molecule has 0 aromatic heterocycles. The second-order valence-corrected chi connectivity index (χ2v) is 6.39. The Morgan fingerprint density at radius 2 is 2.26 bits per heavy atom. The van der Waals surface area contributed by atoms with E-state index in [1.807, 2.05) is 12.1 Å². The van der Waals surface area contributed by atoms with E-state index in [4.69, 9.17) is 16.3 Å². The van der Waals surface area contributed by atoms with Crippen molar-refractivity contribution in [2.75, 3.05) is 13.2 Å². The van der Waals surface area contributed by atoms with Crippen molar-refractivity contribution >= 4 is 11.6 Å². The van der Waals surface area contributed by atoms with Gasteiger partial charge in [-0.15, -0.1) is 0 Å². The number of halogens is 1. The number of benzene rings is 1. The maximum Gasteiger partial charge on any atom is 0.127 e. The molecule has 2 nitrogen and oxygen atoms in total. The molecule has 0 spiro atoms. The van der Waals surface area contributed by atoms with E-state index in [9.17, 15) is 0 Å². The van der Waals surface area contributed by atoms with Gasteiger partial charge in [-0.05, 0) is 42.5 Å². The average Bonchev–Trinajstić information content (AvgIpc) is 2.98. The van der Waals surface area contributed by atoms with Crippen LogP contribution < -0.4 is 10.1 Å². The van der Waals surface area contributed by atoms with Gasteiger partial charge in [-0.1, -0.05) is 31.4 Å². The molecule has 1 aromatic carbocycles. The van der Waals surface area contributed by atoms with Crippen LogP contribution in [0.25, 0.3) is 0 Å². The highest BCUT2D eigenvalue weighted by atomic mass is 35.5. The zero-order chi connectivity index (χ0) is 13.2. The highest BCUT2D eigenvalue weighted by Gasteiger charge is 2.23. The van der Waals surface area contributed by atoms with Crippen molar-refractivity contribution in [2.24, 2.45) is 11.8 Å². The monoisotopic (exact) mass is 279 g/mol. The number of nitrogens with one attached hydrogen (secondary N) is 1. The Bertz CT molecular complexity index is 460. The molecule has 1 aliphatic heterocycles. The molecule has 2 atom stereocenters. The van der Waals surface area contributed by atoms with Crippen molar-refractivity contribution in [3.05, 3.63) is 28.3 Å². The molecule has 1 N–H and O–H groups in total. The molecule has 2 aliphatic rings. The van der Waals surface area contributed by atoms with Crippen LogP contribution in [0.3, 0.4) is 0 Å². The second kappa shape index (κ2) is 5.72. The van der Waals surface area contributed by atoms with E-state index in [1.54, 1.807) is 0 Å². The molecule has 2 unspecified atom stereocenters. The number of fused-ring (bicyclic) bond motifs is 1. The molecule has 104 valence electrons. The Labute approximate surface area is 120 Å². The van der Waals surface area contributed by atoms with Crippen molar-refractivity contribution in [1.82, 2.24) is 5.32 Å². The lowest BCUT2D eigenvalue weighted by atomic mass is 9.98. The topological polar surface area (TPSA) is 21.3 Å². The number of hydrogen-bond acceptors (Lipinski definition) is 2. The summed E-state index contributed by atoms with van der Waals surface area (Å²) in [5.74, 6) is 2.78. The van der Waals surface area contributed by atoms with E-state index >= 15 is 0 Å². The standard InChI is InChI=1S/C16H22ClNO/c1-11-3-2-4-13(11)9-18-10-14-8-15(17)7-12-5-6-19-16(12)14/h7-8,11,13,18H,2-6,9-10H2,1H3. The molecule has 1 saturated carbocycles. The zero-order valence-corrected chi connectivity index (χ0v) is 12.3. The maximum atomic E-state index is 6.17. The Kier molecular flexibility index (Phi) is 3.99. The minimum atomic E-state index is 0.794. The maximum absolute atomic E-state index is 6.17. The third-order valence-electron chi connectivity index (χ3n) is 4.59. The smallest absolute Gasteiger partial charge is 0.127 e. The molecule has 3 rings (SSSR count). The summed E-state index contributed by atoms with van der Waals surface area (Å²) in [6.07, 6.45) is 5.14. The molecule has 0 saturated heterocycles. The lowest BCUT2D eigenvalue weighted by Gasteiger charge is -2.17. The van der Waals surface area contributed by atoms with Gasteiger partial charge < -0.3 is 10.1 Å². The van der Waals surface area contributed by atoms with Gasteiger partial charge in [0, 0.05) is 23.6 Å². The Morgan fingerprint density at radius 3 is 3.05 bits per heavy atom. The normalized spacial score (nSPS) is 25.4. The molecule has 0 bridgehead atoms. The zero-order valence-electron chi connectivity index (χ0n) is 11.5. The summed E-state index contributed by atoms with van der Waals surface area (Å²) in [7, 11) is 0. The summed E-state index contributed by atoms with van der Waals surface area (Å²) < 4.78 is 5.73. The van der Waals surface area contributed by atoms with Crippen molar-refractivity contribution in [2.45, 2.75) is 39.2 Å². The summed E-state index contributed by atoms with van der Waals surface area (Å²) in [4.78, 5) is 0. The summed E-state index contributed by atoms with van der Waals surface area (Å²) in [6.45, 7) is 5.15. The van der Waals surface area contributed by atoms with E-state index in [2.05, 4.69) is 12.2 Å². The number of hydrogen-bond donors (Lipinski definition) is 1. The van der Waals surface area contributed by atoms with Crippen LogP contribution in [0.2, 0.25) is 5.02 Å². The van der Waals surface area contributed by atoms with E-state index in [0.29, 0.717) is 0 Å². The van der Waals surface area contributed by atoms with Crippen LogP contribution in [-0.2, 0) is 13.0 Å². The van der Waals surface area contributed by atoms with Gasteiger partial charge in [0.25, 0.3) is 0 Å². The van der Waals surface area contributed by atoms with Crippen LogP contribution >= 0.6 is 11.6 Å². The van der Waals surface area contributed by atoms with E-state index in [1.165, 1.54) is 30.4 Å². The Hall–Kier alpha value is -0.730. The molecule has 1 fully saturated rings. The van der Waals surface area contributed by atoms with E-state index < -0.39 is 0 Å². The highest BCUT2D eigenvalue weighted by molar-refractivity contribution is 6.30. The fourth-order valence-corrected chi connectivity index (χ4v) is 3.66. The Morgan fingerprint density at radius 1 is 1.37 bits per heavy atom. The first kappa shape index (κ1) is 13.3. The van der Waals surface area contributed by atoms with Crippen LogP contribution in [0.1, 0.15) is 37.3 Å². The molecular weight excluding hydrogens is 258 g/mol. The molecule has 1 aliphatic carbocycles. The molecule has 0 radical (unpaired) electrons. The summed E-state index contributed by atoms with van der Waals surface area (Å²) in [5.41, 5.74) is 2.48. The number of ether oxygens (including phenoxy) is 1. The molecule has 19 heavy (non-hydrogen) atoms. The summed E-state index contributed by atoms with van der Waals surface area (Å²) in [6, 6.07) is 4.07. The van der Waals surface area contributed by atoms with E-state index in [-0.39, 0.29) is 0 Å². The van der Waals surface area contributed by atoms with Crippen molar-refractivity contribution < 1.29 is 4.74 Å². The lowest BCUT2D eigenvalue weighted by Crippen LogP contribution is -2.24. The minimum absolute atomic E-state index is 0.794. The van der Waals surface area contributed by atoms with Gasteiger partial charge in [0.15, 0.2) is 0 Å². The first-order chi connectivity index (χ1) is 9.24. The predicted octanol–water partition coefficient (Wildman–Crippen LogP) is 3.80. The fraction of sp³-hybridized carbons (Fsp3) is 0.625. The summed E-state index contributed by atoms with van der Waals surface area (Å²) >= 11 is 6.17. The quantitative estimate of drug-likeness (QED) is 0.905. The molecule has 3 heteroatoms. The van der Waals surface area contributed by atoms with Crippen molar-refractivity contribution in [1.29, 1.82) is 0 Å². The molecular formula is C16H22ClNO. The SMILES string of the molecule is CC1CCCC1CNCc1cc(Cl)cc2c1OCC2.